The zero-order valence-corrected chi connectivity index (χ0v) is 17.6. The molecule has 160 valence electrons. The molecule has 0 spiro atoms. The fourth-order valence-corrected chi connectivity index (χ4v) is 3.99. The summed E-state index contributed by atoms with van der Waals surface area (Å²) in [4.78, 5) is 20.1. The van der Waals surface area contributed by atoms with Gasteiger partial charge in [-0.3, -0.25) is 4.90 Å². The first kappa shape index (κ1) is 20.7. The molecule has 1 aliphatic rings. The van der Waals surface area contributed by atoms with Gasteiger partial charge in [0.1, 0.15) is 17.9 Å². The van der Waals surface area contributed by atoms with Crippen molar-refractivity contribution < 1.29 is 9.47 Å². The number of aromatic nitrogens is 5. The monoisotopic (exact) mass is 410 g/mol. The molecule has 0 amide bonds. The van der Waals surface area contributed by atoms with Crippen molar-refractivity contribution in [3.8, 4) is 6.01 Å². The molecule has 3 aromatic heterocycles. The van der Waals surface area contributed by atoms with Crippen LogP contribution >= 0.6 is 0 Å². The highest BCUT2D eigenvalue weighted by Crippen LogP contribution is 2.23. The van der Waals surface area contributed by atoms with Crippen LogP contribution in [0, 0.1) is 5.92 Å². The average Bonchev–Trinajstić information content (AvgIpc) is 3.13. The second-order valence-corrected chi connectivity index (χ2v) is 7.59. The van der Waals surface area contributed by atoms with E-state index in [1.165, 1.54) is 12.8 Å². The molecule has 30 heavy (non-hydrogen) atoms. The van der Waals surface area contributed by atoms with Gasteiger partial charge in [-0.2, -0.15) is 0 Å². The van der Waals surface area contributed by atoms with E-state index in [2.05, 4.69) is 24.4 Å². The predicted molar refractivity (Wildman–Crippen MR) is 114 cm³/mol. The second-order valence-electron chi connectivity index (χ2n) is 7.59. The van der Waals surface area contributed by atoms with Crippen LogP contribution < -0.4 is 4.74 Å². The third-order valence-corrected chi connectivity index (χ3v) is 5.61. The van der Waals surface area contributed by atoms with E-state index in [9.17, 15) is 0 Å². The topological polar surface area (TPSA) is 78.2 Å². The van der Waals surface area contributed by atoms with Crippen LogP contribution in [0.4, 0.5) is 0 Å². The van der Waals surface area contributed by atoms with Crippen molar-refractivity contribution in [3.63, 3.8) is 0 Å². The van der Waals surface area contributed by atoms with Crippen molar-refractivity contribution in [3.05, 3.63) is 42.6 Å². The van der Waals surface area contributed by atoms with Gasteiger partial charge in [0, 0.05) is 44.7 Å². The molecule has 0 aliphatic carbocycles. The van der Waals surface area contributed by atoms with E-state index in [0.717, 1.165) is 56.2 Å². The van der Waals surface area contributed by atoms with E-state index in [4.69, 9.17) is 14.5 Å². The second kappa shape index (κ2) is 10.4. The van der Waals surface area contributed by atoms with E-state index < -0.39 is 0 Å². The first-order valence-corrected chi connectivity index (χ1v) is 10.8. The summed E-state index contributed by atoms with van der Waals surface area (Å²) >= 11 is 0. The Hall–Kier alpha value is -2.58. The maximum Gasteiger partial charge on any atom is 0.316 e. The summed E-state index contributed by atoms with van der Waals surface area (Å²) in [5.41, 5.74) is 1.94. The van der Waals surface area contributed by atoms with Crippen molar-refractivity contribution in [2.45, 2.75) is 32.7 Å². The highest BCUT2D eigenvalue weighted by Gasteiger charge is 2.22. The number of rotatable bonds is 10. The molecular weight excluding hydrogens is 380 g/mol. The standard InChI is InChI=1S/C22H30N6O2/c1-2-29-15-14-28-20(26-19-5-3-8-23-21(19)28)17-18-6-11-27(12-7-18)13-16-30-22-24-9-4-10-25-22/h3-5,8-10,18H,2,6-7,11-17H2,1H3. The van der Waals surface area contributed by atoms with Gasteiger partial charge in [-0.05, 0) is 57.0 Å². The molecule has 0 radical (unpaired) electrons. The minimum Gasteiger partial charge on any atom is -0.462 e. The molecule has 1 aliphatic heterocycles. The number of nitrogens with zero attached hydrogens (tertiary/aromatic N) is 6. The lowest BCUT2D eigenvalue weighted by molar-refractivity contribution is 0.137. The van der Waals surface area contributed by atoms with Gasteiger partial charge in [-0.1, -0.05) is 0 Å². The molecule has 0 bridgehead atoms. The van der Waals surface area contributed by atoms with Gasteiger partial charge in [-0.25, -0.2) is 19.9 Å². The minimum atomic E-state index is 0.451. The van der Waals surface area contributed by atoms with Crippen molar-refractivity contribution in [2.24, 2.45) is 5.92 Å². The molecule has 0 atom stereocenters. The van der Waals surface area contributed by atoms with Crippen LogP contribution in [0.1, 0.15) is 25.6 Å². The van der Waals surface area contributed by atoms with Crippen molar-refractivity contribution in [1.82, 2.24) is 29.4 Å². The predicted octanol–water partition coefficient (Wildman–Crippen LogP) is 2.59. The minimum absolute atomic E-state index is 0.451. The fraction of sp³-hybridized carbons (Fsp3) is 0.545. The molecule has 8 heteroatoms. The summed E-state index contributed by atoms with van der Waals surface area (Å²) < 4.78 is 13.5. The van der Waals surface area contributed by atoms with Crippen LogP contribution in [-0.4, -0.2) is 68.9 Å². The number of ether oxygens (including phenoxy) is 2. The van der Waals surface area contributed by atoms with Crippen molar-refractivity contribution in [1.29, 1.82) is 0 Å². The van der Waals surface area contributed by atoms with Crippen molar-refractivity contribution >= 4 is 11.2 Å². The van der Waals surface area contributed by atoms with Crippen LogP contribution in [0.25, 0.3) is 11.2 Å². The summed E-state index contributed by atoms with van der Waals surface area (Å²) in [6, 6.07) is 6.24. The molecule has 0 unspecified atom stereocenters. The number of hydrogen-bond acceptors (Lipinski definition) is 7. The highest BCUT2D eigenvalue weighted by atomic mass is 16.5. The van der Waals surface area contributed by atoms with Gasteiger partial charge in [0.05, 0.1) is 6.61 Å². The number of pyridine rings is 1. The van der Waals surface area contributed by atoms with Crippen LogP contribution in [0.3, 0.4) is 0 Å². The Bertz CT molecular complexity index is 908. The zero-order valence-electron chi connectivity index (χ0n) is 17.6. The molecule has 1 fully saturated rings. The number of hydrogen-bond donors (Lipinski definition) is 0. The van der Waals surface area contributed by atoms with Gasteiger partial charge >= 0.3 is 6.01 Å². The number of likely N-dealkylation sites (tertiary alicyclic amines) is 1. The Kier molecular flexibility index (Phi) is 7.20. The quantitative estimate of drug-likeness (QED) is 0.475. The maximum absolute atomic E-state index is 5.63. The molecule has 8 nitrogen and oxygen atoms in total. The van der Waals surface area contributed by atoms with Crippen LogP contribution in [0.2, 0.25) is 0 Å². The zero-order chi connectivity index (χ0) is 20.6. The molecular formula is C22H30N6O2. The van der Waals surface area contributed by atoms with Crippen LogP contribution in [0.5, 0.6) is 6.01 Å². The Labute approximate surface area is 177 Å². The van der Waals surface area contributed by atoms with E-state index >= 15 is 0 Å². The van der Waals surface area contributed by atoms with Crippen LogP contribution in [-0.2, 0) is 17.7 Å². The lowest BCUT2D eigenvalue weighted by atomic mass is 9.93. The molecule has 1 saturated heterocycles. The Morgan fingerprint density at radius 3 is 2.60 bits per heavy atom. The van der Waals surface area contributed by atoms with Crippen molar-refractivity contribution in [2.75, 3.05) is 39.5 Å². The molecule has 0 aromatic carbocycles. The molecule has 3 aromatic rings. The van der Waals surface area contributed by atoms with E-state index in [-0.39, 0.29) is 0 Å². The summed E-state index contributed by atoms with van der Waals surface area (Å²) in [7, 11) is 0. The molecule has 0 saturated carbocycles. The normalized spacial score (nSPS) is 15.6. The summed E-state index contributed by atoms with van der Waals surface area (Å²) in [5, 5.41) is 0. The SMILES string of the molecule is CCOCCn1c(CC2CCN(CCOc3ncccn3)CC2)nc2cccnc21. The Morgan fingerprint density at radius 2 is 1.80 bits per heavy atom. The summed E-state index contributed by atoms with van der Waals surface area (Å²) in [5.74, 6) is 1.77. The summed E-state index contributed by atoms with van der Waals surface area (Å²) in [6.07, 6.45) is 8.57. The number of fused-ring (bicyclic) bond motifs is 1. The maximum atomic E-state index is 5.63. The molecule has 4 rings (SSSR count). The number of imidazole rings is 1. The first-order chi connectivity index (χ1) is 14.8. The average molecular weight is 411 g/mol. The summed E-state index contributed by atoms with van der Waals surface area (Å²) in [6.45, 7) is 7.94. The largest absolute Gasteiger partial charge is 0.462 e. The van der Waals surface area contributed by atoms with E-state index in [0.29, 0.717) is 25.1 Å². The van der Waals surface area contributed by atoms with Crippen LogP contribution in [0.15, 0.2) is 36.8 Å². The third kappa shape index (κ3) is 5.31. The van der Waals surface area contributed by atoms with Gasteiger partial charge < -0.3 is 14.0 Å². The lowest BCUT2D eigenvalue weighted by Gasteiger charge is -2.31. The van der Waals surface area contributed by atoms with Gasteiger partial charge in [-0.15, -0.1) is 0 Å². The van der Waals surface area contributed by atoms with E-state index in [1.54, 1.807) is 18.5 Å². The number of piperidine rings is 1. The Balaban J connectivity index is 1.29. The highest BCUT2D eigenvalue weighted by molar-refractivity contribution is 5.71. The Morgan fingerprint density at radius 1 is 1.00 bits per heavy atom. The fourth-order valence-electron chi connectivity index (χ4n) is 3.99. The third-order valence-electron chi connectivity index (χ3n) is 5.61. The van der Waals surface area contributed by atoms with Gasteiger partial charge in [0.2, 0.25) is 0 Å². The van der Waals surface area contributed by atoms with E-state index in [1.807, 2.05) is 25.3 Å². The first-order valence-electron chi connectivity index (χ1n) is 10.8. The lowest BCUT2D eigenvalue weighted by Crippen LogP contribution is -2.37. The van der Waals surface area contributed by atoms with Gasteiger partial charge in [0.15, 0.2) is 5.65 Å². The molecule has 0 N–H and O–H groups in total. The van der Waals surface area contributed by atoms with Gasteiger partial charge in [0.25, 0.3) is 0 Å². The smallest absolute Gasteiger partial charge is 0.316 e. The molecule has 4 heterocycles.